The van der Waals surface area contributed by atoms with Crippen molar-refractivity contribution in [3.05, 3.63) is 20.7 Å². The third-order valence-corrected chi connectivity index (χ3v) is 4.24. The number of rotatable bonds is 4. The number of hydrogen-bond donors (Lipinski definition) is 2. The van der Waals surface area contributed by atoms with E-state index in [1.807, 2.05) is 6.92 Å². The molecule has 0 spiro atoms. The van der Waals surface area contributed by atoms with Crippen LogP contribution in [0.5, 0.6) is 0 Å². The summed E-state index contributed by atoms with van der Waals surface area (Å²) in [6.45, 7) is 2.78. The zero-order valence-electron chi connectivity index (χ0n) is 10.8. The Morgan fingerprint density at radius 2 is 2.05 bits per heavy atom. The molecular weight excluding hydrogens is 268 g/mol. The van der Waals surface area contributed by atoms with Gasteiger partial charge in [0, 0.05) is 37.1 Å². The summed E-state index contributed by atoms with van der Waals surface area (Å²) in [7, 11) is 0. The first-order valence-corrected chi connectivity index (χ1v) is 7.16. The molecule has 1 fully saturated rings. The van der Waals surface area contributed by atoms with Crippen LogP contribution in [0.2, 0.25) is 0 Å². The summed E-state index contributed by atoms with van der Waals surface area (Å²) in [5.74, 6) is -0.0865. The lowest BCUT2D eigenvalue weighted by atomic mass is 10.2. The Morgan fingerprint density at radius 3 is 2.58 bits per heavy atom. The summed E-state index contributed by atoms with van der Waals surface area (Å²) in [6, 6.07) is 0. The number of β-amino-alcohol motifs (C(OH)–C–C–N with tert-alkyl or cyclic N) is 2. The third-order valence-electron chi connectivity index (χ3n) is 3.36. The maximum absolute atomic E-state index is 11.9. The Hall–Kier alpha value is -1.18. The molecule has 2 heterocycles. The number of aryl methyl sites for hydroxylation is 1. The average molecular weight is 286 g/mol. The number of hydrogen-bond acceptors (Lipinski definition) is 5. The number of aliphatic hydroxyl groups excluding tert-OH is 2. The van der Waals surface area contributed by atoms with Gasteiger partial charge in [-0.1, -0.05) is 11.3 Å². The second kappa shape index (κ2) is 5.85. The topological polar surface area (TPSA) is 82.8 Å². The van der Waals surface area contributed by atoms with Gasteiger partial charge in [-0.3, -0.25) is 9.59 Å². The minimum atomic E-state index is -0.842. The van der Waals surface area contributed by atoms with Crippen LogP contribution in [0, 0.1) is 6.92 Å². The van der Waals surface area contributed by atoms with Gasteiger partial charge in [0.2, 0.25) is 5.91 Å². The second-order valence-corrected chi connectivity index (χ2v) is 5.65. The zero-order chi connectivity index (χ0) is 14.0. The van der Waals surface area contributed by atoms with Crippen LogP contribution < -0.4 is 4.87 Å². The first kappa shape index (κ1) is 14.2. The molecule has 1 saturated heterocycles. The predicted octanol–water partition coefficient (Wildman–Crippen LogP) is -0.438. The van der Waals surface area contributed by atoms with E-state index in [2.05, 4.69) is 0 Å². The molecule has 0 aromatic carbocycles. The minimum absolute atomic E-state index is 0.00281. The molecule has 0 aliphatic carbocycles. The number of amides is 1. The molecular formula is C12H18N2O4S. The van der Waals surface area contributed by atoms with Gasteiger partial charge in [-0.05, 0) is 13.3 Å². The van der Waals surface area contributed by atoms with E-state index in [-0.39, 0.29) is 23.9 Å². The summed E-state index contributed by atoms with van der Waals surface area (Å²) in [4.78, 5) is 24.8. The standard InChI is InChI=1S/C12H18N2O4S/c1-8-7-19-12(18)14(8)4-2-3-11(17)13-5-9(15)10(16)6-13/h7,9-10,15-16H,2-6H2,1H3. The minimum Gasteiger partial charge on any atom is -0.388 e. The molecule has 0 radical (unpaired) electrons. The van der Waals surface area contributed by atoms with Crippen molar-refractivity contribution in [1.29, 1.82) is 0 Å². The van der Waals surface area contributed by atoms with Crippen LogP contribution in [0.4, 0.5) is 0 Å². The van der Waals surface area contributed by atoms with Gasteiger partial charge in [0.15, 0.2) is 0 Å². The summed E-state index contributed by atoms with van der Waals surface area (Å²) in [5.41, 5.74) is 0.912. The van der Waals surface area contributed by atoms with E-state index in [9.17, 15) is 19.8 Å². The van der Waals surface area contributed by atoms with E-state index in [1.54, 1.807) is 9.95 Å². The Labute approximate surface area is 114 Å². The van der Waals surface area contributed by atoms with Crippen molar-refractivity contribution < 1.29 is 15.0 Å². The molecule has 7 heteroatoms. The molecule has 1 aromatic rings. The van der Waals surface area contributed by atoms with Crippen molar-refractivity contribution in [2.24, 2.45) is 0 Å². The van der Waals surface area contributed by atoms with Crippen LogP contribution in [0.1, 0.15) is 18.5 Å². The largest absolute Gasteiger partial charge is 0.388 e. The fraction of sp³-hybridized carbons (Fsp3) is 0.667. The molecule has 19 heavy (non-hydrogen) atoms. The van der Waals surface area contributed by atoms with Crippen LogP contribution in [0.15, 0.2) is 10.2 Å². The van der Waals surface area contributed by atoms with Gasteiger partial charge < -0.3 is 19.7 Å². The van der Waals surface area contributed by atoms with Gasteiger partial charge in [0.05, 0.1) is 12.2 Å². The van der Waals surface area contributed by atoms with Gasteiger partial charge in [-0.25, -0.2) is 0 Å². The van der Waals surface area contributed by atoms with Crippen molar-refractivity contribution in [2.45, 2.75) is 38.5 Å². The van der Waals surface area contributed by atoms with Crippen LogP contribution >= 0.6 is 11.3 Å². The highest BCUT2D eigenvalue weighted by molar-refractivity contribution is 7.07. The van der Waals surface area contributed by atoms with E-state index < -0.39 is 12.2 Å². The maximum atomic E-state index is 11.9. The van der Waals surface area contributed by atoms with Gasteiger partial charge in [-0.15, -0.1) is 0 Å². The fourth-order valence-electron chi connectivity index (χ4n) is 2.19. The maximum Gasteiger partial charge on any atom is 0.307 e. The molecule has 1 aromatic heterocycles. The Kier molecular flexibility index (Phi) is 4.38. The second-order valence-electron chi connectivity index (χ2n) is 4.83. The van der Waals surface area contributed by atoms with E-state index in [1.165, 1.54) is 4.90 Å². The van der Waals surface area contributed by atoms with Crippen molar-refractivity contribution in [1.82, 2.24) is 9.47 Å². The molecule has 6 nitrogen and oxygen atoms in total. The molecule has 2 rings (SSSR count). The number of thiazole rings is 1. The number of aliphatic hydroxyl groups is 2. The fourth-order valence-corrected chi connectivity index (χ4v) is 2.96. The molecule has 2 N–H and O–H groups in total. The van der Waals surface area contributed by atoms with Gasteiger partial charge >= 0.3 is 4.87 Å². The molecule has 106 valence electrons. The summed E-state index contributed by atoms with van der Waals surface area (Å²) < 4.78 is 1.66. The van der Waals surface area contributed by atoms with Crippen LogP contribution in [-0.4, -0.2) is 50.9 Å². The molecule has 1 aliphatic heterocycles. The molecule has 0 saturated carbocycles. The van der Waals surface area contributed by atoms with Gasteiger partial charge in [-0.2, -0.15) is 0 Å². The number of carbonyl (C=O) groups excluding carboxylic acids is 1. The number of nitrogens with zero attached hydrogens (tertiary/aromatic N) is 2. The third kappa shape index (κ3) is 3.23. The van der Waals surface area contributed by atoms with Crippen LogP contribution in [0.25, 0.3) is 0 Å². The predicted molar refractivity (Wildman–Crippen MR) is 71.1 cm³/mol. The van der Waals surface area contributed by atoms with E-state index in [4.69, 9.17) is 0 Å². The Balaban J connectivity index is 1.80. The van der Waals surface area contributed by atoms with Crippen molar-refractivity contribution in [3.63, 3.8) is 0 Å². The highest BCUT2D eigenvalue weighted by atomic mass is 32.1. The normalized spacial score (nSPS) is 23.0. The number of likely N-dealkylation sites (tertiary alicyclic amines) is 1. The van der Waals surface area contributed by atoms with Crippen LogP contribution in [0.3, 0.4) is 0 Å². The van der Waals surface area contributed by atoms with Gasteiger partial charge in [0.25, 0.3) is 0 Å². The monoisotopic (exact) mass is 286 g/mol. The van der Waals surface area contributed by atoms with Crippen LogP contribution in [-0.2, 0) is 11.3 Å². The van der Waals surface area contributed by atoms with Gasteiger partial charge in [0.1, 0.15) is 0 Å². The van der Waals surface area contributed by atoms with E-state index >= 15 is 0 Å². The quantitative estimate of drug-likeness (QED) is 0.786. The van der Waals surface area contributed by atoms with E-state index in [0.717, 1.165) is 17.0 Å². The number of carbonyl (C=O) groups is 1. The molecule has 1 amide bonds. The molecule has 0 bridgehead atoms. The summed E-state index contributed by atoms with van der Waals surface area (Å²) >= 11 is 1.16. The highest BCUT2D eigenvalue weighted by Crippen LogP contribution is 2.12. The van der Waals surface area contributed by atoms with Crippen molar-refractivity contribution in [2.75, 3.05) is 13.1 Å². The lowest BCUT2D eigenvalue weighted by molar-refractivity contribution is -0.130. The first-order chi connectivity index (χ1) is 8.99. The highest BCUT2D eigenvalue weighted by Gasteiger charge is 2.31. The van der Waals surface area contributed by atoms with E-state index in [0.29, 0.717) is 19.4 Å². The summed E-state index contributed by atoms with van der Waals surface area (Å²) in [6.07, 6.45) is -0.781. The Bertz CT molecular complexity index is 500. The van der Waals surface area contributed by atoms with Crippen molar-refractivity contribution in [3.8, 4) is 0 Å². The molecule has 1 aliphatic rings. The first-order valence-electron chi connectivity index (χ1n) is 6.28. The molecule has 2 unspecified atom stereocenters. The van der Waals surface area contributed by atoms with Crippen molar-refractivity contribution >= 4 is 17.2 Å². The lowest BCUT2D eigenvalue weighted by Gasteiger charge is -2.15. The number of aromatic nitrogens is 1. The smallest absolute Gasteiger partial charge is 0.307 e. The lowest BCUT2D eigenvalue weighted by Crippen LogP contribution is -2.30. The average Bonchev–Trinajstić information content (AvgIpc) is 2.86. The Morgan fingerprint density at radius 1 is 1.42 bits per heavy atom. The zero-order valence-corrected chi connectivity index (χ0v) is 11.6. The molecule has 2 atom stereocenters. The summed E-state index contributed by atoms with van der Waals surface area (Å²) in [5, 5.41) is 20.6. The SMILES string of the molecule is Cc1csc(=O)n1CCCC(=O)N1CC(O)C(O)C1.